The van der Waals surface area contributed by atoms with Gasteiger partial charge in [-0.05, 0) is 30.4 Å². The average molecular weight is 354 g/mol. The molecule has 7 nitrogen and oxygen atoms in total. The van der Waals surface area contributed by atoms with Gasteiger partial charge in [-0.3, -0.25) is 10.1 Å². The molecule has 2 N–H and O–H groups in total. The van der Waals surface area contributed by atoms with Crippen molar-refractivity contribution in [3.63, 3.8) is 0 Å². The van der Waals surface area contributed by atoms with Gasteiger partial charge in [0.2, 0.25) is 11.3 Å². The van der Waals surface area contributed by atoms with Crippen LogP contribution in [0.15, 0.2) is 27.6 Å². The number of alkyl halides is 3. The summed E-state index contributed by atoms with van der Waals surface area (Å²) in [5.41, 5.74) is 1.57. The third-order valence-corrected chi connectivity index (χ3v) is 4.62. The van der Waals surface area contributed by atoms with E-state index >= 15 is 0 Å². The van der Waals surface area contributed by atoms with Gasteiger partial charge in [0.1, 0.15) is 0 Å². The van der Waals surface area contributed by atoms with Crippen LogP contribution in [-0.4, -0.2) is 27.1 Å². The van der Waals surface area contributed by atoms with Gasteiger partial charge in [-0.2, -0.15) is 13.2 Å². The molecule has 2 bridgehead atoms. The molecule has 25 heavy (non-hydrogen) atoms. The maximum atomic E-state index is 12.5. The molecule has 0 radical (unpaired) electrons. The summed E-state index contributed by atoms with van der Waals surface area (Å²) in [6.07, 6.45) is -1.04. The fraction of sp³-hybridized carbons (Fsp3) is 0.400. The van der Waals surface area contributed by atoms with Crippen molar-refractivity contribution >= 4 is 11.8 Å². The number of nitrogens with zero attached hydrogens (tertiary/aromatic N) is 2. The minimum atomic E-state index is -4.66. The minimum Gasteiger partial charge on any atom is -0.349 e. The highest BCUT2D eigenvalue weighted by atomic mass is 19.4. The predicted molar refractivity (Wildman–Crippen MR) is 78.9 cm³/mol. The van der Waals surface area contributed by atoms with Crippen LogP contribution in [-0.2, 0) is 12.6 Å². The van der Waals surface area contributed by atoms with E-state index in [2.05, 4.69) is 20.0 Å². The Labute approximate surface area is 138 Å². The van der Waals surface area contributed by atoms with Crippen molar-refractivity contribution in [1.82, 2.24) is 15.0 Å². The molecule has 4 heterocycles. The number of amides is 2. The van der Waals surface area contributed by atoms with Crippen molar-refractivity contribution in [2.24, 2.45) is 0 Å². The van der Waals surface area contributed by atoms with Crippen LogP contribution in [0.25, 0.3) is 0 Å². The van der Waals surface area contributed by atoms with E-state index in [1.165, 1.54) is 6.07 Å². The van der Waals surface area contributed by atoms with Crippen LogP contribution in [0.2, 0.25) is 0 Å². The second kappa shape index (κ2) is 5.36. The van der Waals surface area contributed by atoms with Crippen LogP contribution in [0.5, 0.6) is 0 Å². The number of H-pyrrole nitrogens is 1. The zero-order valence-corrected chi connectivity index (χ0v) is 12.8. The van der Waals surface area contributed by atoms with Crippen LogP contribution >= 0.6 is 0 Å². The van der Waals surface area contributed by atoms with Gasteiger partial charge >= 0.3 is 12.2 Å². The number of rotatable bonds is 1. The first-order valence-electron chi connectivity index (χ1n) is 7.67. The number of hydrogen-bond donors (Lipinski definition) is 2. The molecule has 2 aromatic rings. The molecule has 2 aliphatic rings. The van der Waals surface area contributed by atoms with Crippen LogP contribution < -0.4 is 10.9 Å². The number of hydrogen-bond acceptors (Lipinski definition) is 4. The van der Waals surface area contributed by atoms with Crippen molar-refractivity contribution < 1.29 is 22.5 Å². The number of nitrogens with one attached hydrogen (secondary N) is 2. The molecule has 10 heteroatoms. The van der Waals surface area contributed by atoms with Gasteiger partial charge < -0.3 is 14.4 Å². The largest absolute Gasteiger partial charge is 0.452 e. The summed E-state index contributed by atoms with van der Waals surface area (Å²) < 4.78 is 41.8. The Kier molecular flexibility index (Phi) is 3.37. The molecule has 0 aromatic carbocycles. The van der Waals surface area contributed by atoms with Crippen molar-refractivity contribution in [2.45, 2.75) is 37.5 Å². The standard InChI is InChI=1S/C15H13F3N4O3/c16-15(17,18)11-5-12(21-25-11)20-14(24)22-8-1-2-10(22)9-6-19-13(23)4-7(9)3-8/h4-6,8,10H,1-3H2,(H,19,23)(H,20,21,24)/t8-,10+/m0/s1. The third kappa shape index (κ3) is 2.67. The Morgan fingerprint density at radius 3 is 2.88 bits per heavy atom. The molecule has 2 atom stereocenters. The van der Waals surface area contributed by atoms with Gasteiger partial charge in [-0.25, -0.2) is 4.79 Å². The SMILES string of the molecule is O=C(Nc1cc(C(F)(F)F)on1)N1[C@H]2CC[C@@H]1c1c[nH]c(=O)cc1C2. The fourth-order valence-corrected chi connectivity index (χ4v) is 3.60. The van der Waals surface area contributed by atoms with Crippen LogP contribution in [0.3, 0.4) is 0 Å². The molecule has 0 spiro atoms. The highest BCUT2D eigenvalue weighted by Crippen LogP contribution is 2.43. The van der Waals surface area contributed by atoms with Crippen LogP contribution in [0.1, 0.15) is 35.8 Å². The number of urea groups is 1. The molecule has 0 saturated carbocycles. The van der Waals surface area contributed by atoms with Crippen molar-refractivity contribution in [3.8, 4) is 0 Å². The Bertz CT molecular complexity index is 889. The molecule has 132 valence electrons. The summed E-state index contributed by atoms with van der Waals surface area (Å²) in [4.78, 5) is 28.2. The lowest BCUT2D eigenvalue weighted by Gasteiger charge is -2.35. The van der Waals surface area contributed by atoms with Crippen molar-refractivity contribution in [1.29, 1.82) is 0 Å². The van der Waals surface area contributed by atoms with Gasteiger partial charge in [0.05, 0.1) is 6.04 Å². The van der Waals surface area contributed by atoms with Crippen molar-refractivity contribution in [3.05, 3.63) is 45.6 Å². The number of carbonyl (C=O) groups is 1. The number of pyridine rings is 1. The van der Waals surface area contributed by atoms with E-state index in [1.807, 2.05) is 0 Å². The van der Waals surface area contributed by atoms with Gasteiger partial charge in [-0.1, -0.05) is 5.16 Å². The van der Waals surface area contributed by atoms with E-state index in [0.29, 0.717) is 12.5 Å². The molecule has 4 rings (SSSR count). The topological polar surface area (TPSA) is 91.2 Å². The first-order chi connectivity index (χ1) is 11.8. The summed E-state index contributed by atoms with van der Waals surface area (Å²) in [6.45, 7) is 0. The van der Waals surface area contributed by atoms with E-state index in [0.717, 1.165) is 24.0 Å². The number of halogens is 3. The van der Waals surface area contributed by atoms with Crippen LogP contribution in [0, 0.1) is 0 Å². The summed E-state index contributed by atoms with van der Waals surface area (Å²) >= 11 is 0. The van der Waals surface area contributed by atoms with Gasteiger partial charge in [0.15, 0.2) is 5.82 Å². The smallest absolute Gasteiger partial charge is 0.349 e. The molecule has 0 unspecified atom stereocenters. The average Bonchev–Trinajstić information content (AvgIpc) is 3.11. The number of aromatic nitrogens is 2. The lowest BCUT2D eigenvalue weighted by atomic mass is 9.95. The Balaban J connectivity index is 1.56. The van der Waals surface area contributed by atoms with Gasteiger partial charge in [0.25, 0.3) is 0 Å². The number of anilines is 1. The molecule has 2 aromatic heterocycles. The van der Waals surface area contributed by atoms with E-state index in [-0.39, 0.29) is 23.5 Å². The maximum Gasteiger partial charge on any atom is 0.452 e. The summed E-state index contributed by atoms with van der Waals surface area (Å²) in [6, 6.07) is 1.32. The van der Waals surface area contributed by atoms with Gasteiger partial charge in [-0.15, -0.1) is 0 Å². The molecule has 0 aliphatic carbocycles. The van der Waals surface area contributed by atoms with E-state index < -0.39 is 18.0 Å². The molecule has 1 fully saturated rings. The van der Waals surface area contributed by atoms with E-state index in [4.69, 9.17) is 0 Å². The highest BCUT2D eigenvalue weighted by molar-refractivity contribution is 5.89. The maximum absolute atomic E-state index is 12.5. The minimum absolute atomic E-state index is 0.103. The first kappa shape index (κ1) is 15.7. The first-order valence-corrected chi connectivity index (χ1v) is 7.67. The molecular weight excluding hydrogens is 341 g/mol. The van der Waals surface area contributed by atoms with E-state index in [1.54, 1.807) is 11.1 Å². The predicted octanol–water partition coefficient (Wildman–Crippen LogP) is 2.68. The second-order valence-corrected chi connectivity index (χ2v) is 6.14. The number of fused-ring (bicyclic) bond motifs is 4. The zero-order valence-electron chi connectivity index (χ0n) is 12.8. The monoisotopic (exact) mass is 354 g/mol. The molecule has 1 saturated heterocycles. The highest BCUT2D eigenvalue weighted by Gasteiger charge is 2.43. The summed E-state index contributed by atoms with van der Waals surface area (Å²) in [5.74, 6) is -1.56. The fourth-order valence-electron chi connectivity index (χ4n) is 3.60. The Morgan fingerprint density at radius 1 is 1.36 bits per heavy atom. The zero-order chi connectivity index (χ0) is 17.8. The van der Waals surface area contributed by atoms with E-state index in [9.17, 15) is 22.8 Å². The quantitative estimate of drug-likeness (QED) is 0.824. The molecular formula is C15H13F3N4O3. The van der Waals surface area contributed by atoms with Crippen molar-refractivity contribution in [2.75, 3.05) is 5.32 Å². The number of aromatic amines is 1. The molecule has 2 amide bonds. The third-order valence-electron chi connectivity index (χ3n) is 4.62. The lowest BCUT2D eigenvalue weighted by molar-refractivity contribution is -0.155. The normalized spacial score (nSPS) is 22.0. The summed E-state index contributed by atoms with van der Waals surface area (Å²) in [5, 5.41) is 5.60. The van der Waals surface area contributed by atoms with Crippen LogP contribution in [0.4, 0.5) is 23.8 Å². The number of carbonyl (C=O) groups excluding carboxylic acids is 1. The lowest BCUT2D eigenvalue weighted by Crippen LogP contribution is -2.44. The second-order valence-electron chi connectivity index (χ2n) is 6.14. The summed E-state index contributed by atoms with van der Waals surface area (Å²) in [7, 11) is 0. The Morgan fingerprint density at radius 2 is 2.16 bits per heavy atom. The Hall–Kier alpha value is -2.78. The van der Waals surface area contributed by atoms with Gasteiger partial charge in [0, 0.05) is 24.4 Å². The molecule has 2 aliphatic heterocycles.